The summed E-state index contributed by atoms with van der Waals surface area (Å²) < 4.78 is 0. The van der Waals surface area contributed by atoms with E-state index >= 15 is 0 Å². The molecular weight excluding hydrogens is 200 g/mol. The Bertz CT molecular complexity index is 401. The number of anilines is 1. The van der Waals surface area contributed by atoms with Crippen LogP contribution < -0.4 is 5.32 Å². The lowest BCUT2D eigenvalue weighted by molar-refractivity contribution is -0.128. The highest BCUT2D eigenvalue weighted by Crippen LogP contribution is 2.25. The summed E-state index contributed by atoms with van der Waals surface area (Å²) in [6.07, 6.45) is 1.56. The molecule has 1 N–H and O–H groups in total. The summed E-state index contributed by atoms with van der Waals surface area (Å²) in [5.41, 5.74) is 3.69. The predicted molar refractivity (Wildman–Crippen MR) is 65.7 cm³/mol. The molecule has 0 bridgehead atoms. The van der Waals surface area contributed by atoms with Gasteiger partial charge in [0, 0.05) is 25.8 Å². The SMILES string of the molecule is CCN(C)C(=O)Cc1cccc2c1CCN2. The van der Waals surface area contributed by atoms with E-state index in [1.54, 1.807) is 4.90 Å². The number of fused-ring (bicyclic) bond motifs is 1. The summed E-state index contributed by atoms with van der Waals surface area (Å²) >= 11 is 0. The molecule has 3 heteroatoms. The Labute approximate surface area is 96.5 Å². The highest BCUT2D eigenvalue weighted by Gasteiger charge is 2.16. The van der Waals surface area contributed by atoms with Crippen molar-refractivity contribution in [3.8, 4) is 0 Å². The highest BCUT2D eigenvalue weighted by atomic mass is 16.2. The smallest absolute Gasteiger partial charge is 0.226 e. The molecule has 86 valence electrons. The molecule has 2 rings (SSSR count). The minimum absolute atomic E-state index is 0.197. The molecule has 0 fully saturated rings. The highest BCUT2D eigenvalue weighted by molar-refractivity contribution is 5.79. The molecule has 0 spiro atoms. The van der Waals surface area contributed by atoms with Crippen LogP contribution in [0.2, 0.25) is 0 Å². The van der Waals surface area contributed by atoms with E-state index in [0.717, 1.165) is 19.5 Å². The van der Waals surface area contributed by atoms with Crippen LogP contribution in [0.3, 0.4) is 0 Å². The molecule has 1 aromatic carbocycles. The molecule has 0 aliphatic carbocycles. The summed E-state index contributed by atoms with van der Waals surface area (Å²) in [5, 5.41) is 3.33. The molecule has 1 aliphatic heterocycles. The molecule has 16 heavy (non-hydrogen) atoms. The topological polar surface area (TPSA) is 32.3 Å². The normalized spacial score (nSPS) is 13.1. The predicted octanol–water partition coefficient (Wildman–Crippen LogP) is 1.68. The Hall–Kier alpha value is -1.51. The zero-order chi connectivity index (χ0) is 11.5. The summed E-state index contributed by atoms with van der Waals surface area (Å²) in [5.74, 6) is 0.197. The van der Waals surface area contributed by atoms with E-state index in [1.165, 1.54) is 16.8 Å². The molecule has 0 radical (unpaired) electrons. The Balaban J connectivity index is 2.16. The Morgan fingerprint density at radius 2 is 2.31 bits per heavy atom. The van der Waals surface area contributed by atoms with Gasteiger partial charge in [-0.1, -0.05) is 12.1 Å². The van der Waals surface area contributed by atoms with Gasteiger partial charge in [0.05, 0.1) is 6.42 Å². The molecule has 0 saturated heterocycles. The van der Waals surface area contributed by atoms with Crippen LogP contribution in [0, 0.1) is 0 Å². The molecule has 1 heterocycles. The first kappa shape index (κ1) is 11.0. The number of amides is 1. The number of likely N-dealkylation sites (N-methyl/N-ethyl adjacent to an activating group) is 1. The van der Waals surface area contributed by atoms with Gasteiger partial charge in [-0.15, -0.1) is 0 Å². The van der Waals surface area contributed by atoms with Crippen molar-refractivity contribution in [3.05, 3.63) is 29.3 Å². The van der Waals surface area contributed by atoms with Crippen molar-refractivity contribution in [1.82, 2.24) is 4.90 Å². The summed E-state index contributed by atoms with van der Waals surface area (Å²) in [4.78, 5) is 13.6. The van der Waals surface area contributed by atoms with E-state index in [1.807, 2.05) is 20.0 Å². The van der Waals surface area contributed by atoms with Crippen LogP contribution in [0.5, 0.6) is 0 Å². The maximum atomic E-state index is 11.8. The van der Waals surface area contributed by atoms with Gasteiger partial charge in [-0.05, 0) is 30.5 Å². The Morgan fingerprint density at radius 3 is 3.06 bits per heavy atom. The molecule has 0 atom stereocenters. The van der Waals surface area contributed by atoms with Crippen molar-refractivity contribution in [1.29, 1.82) is 0 Å². The summed E-state index contributed by atoms with van der Waals surface area (Å²) in [7, 11) is 1.85. The van der Waals surface area contributed by atoms with Crippen molar-refractivity contribution in [3.63, 3.8) is 0 Å². The van der Waals surface area contributed by atoms with Crippen LogP contribution in [0.4, 0.5) is 5.69 Å². The van der Waals surface area contributed by atoms with E-state index in [4.69, 9.17) is 0 Å². The van der Waals surface area contributed by atoms with Crippen LogP contribution in [-0.4, -0.2) is 30.9 Å². The summed E-state index contributed by atoms with van der Waals surface area (Å²) in [6, 6.07) is 6.17. The number of nitrogens with one attached hydrogen (secondary N) is 1. The van der Waals surface area contributed by atoms with Gasteiger partial charge in [-0.25, -0.2) is 0 Å². The number of benzene rings is 1. The van der Waals surface area contributed by atoms with Crippen LogP contribution in [0.25, 0.3) is 0 Å². The molecule has 0 aromatic heterocycles. The lowest BCUT2D eigenvalue weighted by Gasteiger charge is -2.15. The third-order valence-electron chi connectivity index (χ3n) is 3.21. The minimum atomic E-state index is 0.197. The number of nitrogens with zero attached hydrogens (tertiary/aromatic N) is 1. The van der Waals surface area contributed by atoms with E-state index in [0.29, 0.717) is 6.42 Å². The van der Waals surface area contributed by atoms with Gasteiger partial charge in [0.1, 0.15) is 0 Å². The monoisotopic (exact) mass is 218 g/mol. The fourth-order valence-corrected chi connectivity index (χ4v) is 2.06. The van der Waals surface area contributed by atoms with E-state index in [-0.39, 0.29) is 5.91 Å². The van der Waals surface area contributed by atoms with Gasteiger partial charge in [-0.3, -0.25) is 4.79 Å². The van der Waals surface area contributed by atoms with Gasteiger partial charge in [0.2, 0.25) is 5.91 Å². The third kappa shape index (κ3) is 2.03. The van der Waals surface area contributed by atoms with Crippen molar-refractivity contribution in [2.75, 3.05) is 25.5 Å². The fraction of sp³-hybridized carbons (Fsp3) is 0.462. The van der Waals surface area contributed by atoms with Gasteiger partial charge >= 0.3 is 0 Å². The molecule has 1 aromatic rings. The van der Waals surface area contributed by atoms with E-state index < -0.39 is 0 Å². The second kappa shape index (κ2) is 4.56. The van der Waals surface area contributed by atoms with Gasteiger partial charge in [0.15, 0.2) is 0 Å². The quantitative estimate of drug-likeness (QED) is 0.837. The van der Waals surface area contributed by atoms with Crippen LogP contribution in [0.1, 0.15) is 18.1 Å². The van der Waals surface area contributed by atoms with Gasteiger partial charge in [0.25, 0.3) is 0 Å². The fourth-order valence-electron chi connectivity index (χ4n) is 2.06. The zero-order valence-electron chi connectivity index (χ0n) is 9.92. The maximum Gasteiger partial charge on any atom is 0.226 e. The van der Waals surface area contributed by atoms with E-state index in [2.05, 4.69) is 17.4 Å². The second-order valence-corrected chi connectivity index (χ2v) is 4.20. The van der Waals surface area contributed by atoms with Crippen LogP contribution >= 0.6 is 0 Å². The van der Waals surface area contributed by atoms with Crippen molar-refractivity contribution < 1.29 is 4.79 Å². The van der Waals surface area contributed by atoms with E-state index in [9.17, 15) is 4.79 Å². The summed E-state index contributed by atoms with van der Waals surface area (Å²) in [6.45, 7) is 3.76. The number of carbonyl (C=O) groups is 1. The molecule has 0 unspecified atom stereocenters. The number of rotatable bonds is 3. The maximum absolute atomic E-state index is 11.8. The molecule has 3 nitrogen and oxygen atoms in total. The average Bonchev–Trinajstić information content (AvgIpc) is 2.77. The molecule has 0 saturated carbocycles. The first-order valence-electron chi connectivity index (χ1n) is 5.81. The van der Waals surface area contributed by atoms with Crippen LogP contribution in [-0.2, 0) is 17.6 Å². The lowest BCUT2D eigenvalue weighted by Crippen LogP contribution is -2.28. The standard InChI is InChI=1S/C13H18N2O/c1-3-15(2)13(16)9-10-5-4-6-12-11(10)7-8-14-12/h4-6,14H,3,7-9H2,1-2H3. The first-order chi connectivity index (χ1) is 7.72. The van der Waals surface area contributed by atoms with Crippen molar-refractivity contribution >= 4 is 11.6 Å². The third-order valence-corrected chi connectivity index (χ3v) is 3.21. The number of carbonyl (C=O) groups excluding carboxylic acids is 1. The zero-order valence-corrected chi connectivity index (χ0v) is 9.92. The first-order valence-corrected chi connectivity index (χ1v) is 5.81. The van der Waals surface area contributed by atoms with Gasteiger partial charge < -0.3 is 10.2 Å². The average molecular weight is 218 g/mol. The minimum Gasteiger partial charge on any atom is -0.384 e. The molecule has 1 aliphatic rings. The second-order valence-electron chi connectivity index (χ2n) is 4.20. The molecule has 1 amide bonds. The lowest BCUT2D eigenvalue weighted by atomic mass is 10.0. The number of hydrogen-bond acceptors (Lipinski definition) is 2. The van der Waals surface area contributed by atoms with Crippen molar-refractivity contribution in [2.45, 2.75) is 19.8 Å². The largest absolute Gasteiger partial charge is 0.384 e. The van der Waals surface area contributed by atoms with Gasteiger partial charge in [-0.2, -0.15) is 0 Å². The Morgan fingerprint density at radius 1 is 1.50 bits per heavy atom. The van der Waals surface area contributed by atoms with Crippen molar-refractivity contribution in [2.24, 2.45) is 0 Å². The number of hydrogen-bond donors (Lipinski definition) is 1. The Kier molecular flexibility index (Phi) is 3.13. The van der Waals surface area contributed by atoms with Crippen LogP contribution in [0.15, 0.2) is 18.2 Å². The molecular formula is C13H18N2O.